The van der Waals surface area contributed by atoms with Crippen LogP contribution in [0.2, 0.25) is 5.28 Å². The molecule has 7 nitrogen and oxygen atoms in total. The van der Waals surface area contributed by atoms with Gasteiger partial charge >= 0.3 is 0 Å². The number of aryl methyl sites for hydroxylation is 1. The van der Waals surface area contributed by atoms with Gasteiger partial charge in [0, 0.05) is 18.8 Å². The van der Waals surface area contributed by atoms with Gasteiger partial charge in [-0.3, -0.25) is 9.79 Å². The Bertz CT molecular complexity index is 1080. The second-order valence-corrected chi connectivity index (χ2v) is 9.44. The van der Waals surface area contributed by atoms with Gasteiger partial charge < -0.3 is 10.5 Å². The van der Waals surface area contributed by atoms with Gasteiger partial charge in [0.05, 0.1) is 16.4 Å². The zero-order valence-corrected chi connectivity index (χ0v) is 19.6. The Morgan fingerprint density at radius 2 is 2.18 bits per heavy atom. The van der Waals surface area contributed by atoms with Crippen LogP contribution in [-0.2, 0) is 6.42 Å². The number of nitrogens with zero attached hydrogens (tertiary/aromatic N) is 4. The molecule has 12 heteroatoms. The van der Waals surface area contributed by atoms with Crippen molar-refractivity contribution in [3.8, 4) is 5.88 Å². The van der Waals surface area contributed by atoms with Crippen LogP contribution in [0.5, 0.6) is 5.88 Å². The number of rotatable bonds is 8. The molecule has 3 heterocycles. The lowest BCUT2D eigenvalue weighted by Gasteiger charge is -2.47. The maximum absolute atomic E-state index is 14.8. The summed E-state index contributed by atoms with van der Waals surface area (Å²) in [6.45, 7) is 0.356. The zero-order valence-electron chi connectivity index (χ0n) is 18.0. The Hall–Kier alpha value is -2.37. The highest BCUT2D eigenvalue weighted by Crippen LogP contribution is 2.45. The predicted molar refractivity (Wildman–Crippen MR) is 124 cm³/mol. The third-order valence-corrected chi connectivity index (χ3v) is 7.39. The first-order valence-electron chi connectivity index (χ1n) is 10.8. The van der Waals surface area contributed by atoms with Crippen LogP contribution >= 0.6 is 23.4 Å². The molecule has 4 rings (SSSR count). The first-order valence-corrected chi connectivity index (χ1v) is 12.1. The molecule has 34 heavy (non-hydrogen) atoms. The van der Waals surface area contributed by atoms with E-state index in [0.29, 0.717) is 24.9 Å². The number of piperidine rings is 1. The summed E-state index contributed by atoms with van der Waals surface area (Å²) in [5, 5.41) is -0.661. The number of hydrogen-bond donors (Lipinski definition) is 1. The quantitative estimate of drug-likeness (QED) is 0.529. The molecule has 1 saturated heterocycles. The molecular formula is C22H23ClF3N5O2S. The number of benzene rings is 1. The van der Waals surface area contributed by atoms with Crippen molar-refractivity contribution >= 4 is 34.8 Å². The normalized spacial score (nSPS) is 25.1. The highest BCUT2D eigenvalue weighted by molar-refractivity contribution is 8.13. The SMILES string of the molecule is NC(=O)c1c(F)cccc1CCC1SC=NC1(C(F)F)N1CCCCC1Oc1ccnc(Cl)n1. The monoisotopic (exact) mass is 513 g/mol. The van der Waals surface area contributed by atoms with Crippen LogP contribution in [0.15, 0.2) is 35.5 Å². The number of hydrogen-bond acceptors (Lipinski definition) is 7. The number of aromatic nitrogens is 2. The number of ether oxygens (including phenoxy) is 1. The van der Waals surface area contributed by atoms with Crippen molar-refractivity contribution in [2.24, 2.45) is 10.7 Å². The molecule has 3 atom stereocenters. The second-order valence-electron chi connectivity index (χ2n) is 8.05. The van der Waals surface area contributed by atoms with Gasteiger partial charge in [-0.2, -0.15) is 4.98 Å². The van der Waals surface area contributed by atoms with E-state index in [4.69, 9.17) is 22.1 Å². The molecule has 2 aliphatic heterocycles. The predicted octanol–water partition coefficient (Wildman–Crippen LogP) is 4.30. The Balaban J connectivity index is 1.60. The number of carbonyl (C=O) groups excluding carboxylic acids is 1. The number of nitrogens with two attached hydrogens (primary N) is 1. The van der Waals surface area contributed by atoms with Gasteiger partial charge in [-0.15, -0.1) is 11.8 Å². The molecule has 2 aliphatic rings. The van der Waals surface area contributed by atoms with Crippen molar-refractivity contribution in [3.63, 3.8) is 0 Å². The molecule has 0 radical (unpaired) electrons. The summed E-state index contributed by atoms with van der Waals surface area (Å²) >= 11 is 7.04. The van der Waals surface area contributed by atoms with Gasteiger partial charge in [0.15, 0.2) is 11.9 Å². The largest absolute Gasteiger partial charge is 0.458 e. The number of halogens is 4. The first kappa shape index (κ1) is 24.7. The summed E-state index contributed by atoms with van der Waals surface area (Å²) in [4.78, 5) is 25.5. The van der Waals surface area contributed by atoms with Crippen LogP contribution in [0, 0.1) is 5.82 Å². The summed E-state index contributed by atoms with van der Waals surface area (Å²) < 4.78 is 49.7. The second kappa shape index (κ2) is 10.5. The summed E-state index contributed by atoms with van der Waals surface area (Å²) in [6.07, 6.45) is 0.357. The van der Waals surface area contributed by atoms with Gasteiger partial charge in [-0.05, 0) is 55.3 Å². The van der Waals surface area contributed by atoms with E-state index >= 15 is 0 Å². The molecule has 0 bridgehead atoms. The molecule has 2 aromatic rings. The van der Waals surface area contributed by atoms with E-state index in [2.05, 4.69) is 15.0 Å². The molecule has 1 aromatic carbocycles. The third-order valence-electron chi connectivity index (χ3n) is 6.07. The van der Waals surface area contributed by atoms with E-state index in [-0.39, 0.29) is 29.6 Å². The molecule has 0 aliphatic carbocycles. The third kappa shape index (κ3) is 4.87. The average molecular weight is 514 g/mol. The van der Waals surface area contributed by atoms with Crippen molar-refractivity contribution in [3.05, 3.63) is 52.7 Å². The number of aliphatic imine (C=N–C) groups is 1. The molecule has 0 saturated carbocycles. The molecular weight excluding hydrogens is 491 g/mol. The lowest BCUT2D eigenvalue weighted by Crippen LogP contribution is -2.63. The summed E-state index contributed by atoms with van der Waals surface area (Å²) in [5.74, 6) is -1.43. The lowest BCUT2D eigenvalue weighted by molar-refractivity contribution is -0.131. The van der Waals surface area contributed by atoms with Crippen molar-refractivity contribution < 1.29 is 22.7 Å². The van der Waals surface area contributed by atoms with Gasteiger partial charge in [0.25, 0.3) is 12.3 Å². The van der Waals surface area contributed by atoms with Gasteiger partial charge in [-0.25, -0.2) is 23.1 Å². The van der Waals surface area contributed by atoms with Crippen LogP contribution in [0.1, 0.15) is 41.6 Å². The maximum atomic E-state index is 14.8. The lowest BCUT2D eigenvalue weighted by atomic mass is 9.93. The summed E-state index contributed by atoms with van der Waals surface area (Å²) in [7, 11) is 0. The molecule has 2 N–H and O–H groups in total. The Morgan fingerprint density at radius 1 is 1.35 bits per heavy atom. The van der Waals surface area contributed by atoms with Crippen molar-refractivity contribution in [1.29, 1.82) is 0 Å². The summed E-state index contributed by atoms with van der Waals surface area (Å²) in [5.41, 5.74) is 5.11. The van der Waals surface area contributed by atoms with Gasteiger partial charge in [0.1, 0.15) is 5.82 Å². The maximum Gasteiger partial charge on any atom is 0.277 e. The summed E-state index contributed by atoms with van der Waals surface area (Å²) in [6, 6.07) is 5.72. The molecule has 3 unspecified atom stereocenters. The standard InChI is InChI=1S/C22H23ClF3N5O2S/c23-21-28-10-9-16(30-21)33-17-6-1-2-11-31(17)22(20(25)26)15(34-12-29-22)8-7-13-4-3-5-14(24)18(13)19(27)32/h3-5,9-10,12,15,17,20H,1-2,6-8,11H2,(H2,27,32). The van der Waals surface area contributed by atoms with Crippen molar-refractivity contribution in [1.82, 2.24) is 14.9 Å². The van der Waals surface area contributed by atoms with Crippen LogP contribution in [-0.4, -0.2) is 56.4 Å². The van der Waals surface area contributed by atoms with Crippen LogP contribution in [0.4, 0.5) is 13.2 Å². The van der Waals surface area contributed by atoms with E-state index in [1.165, 1.54) is 35.6 Å². The van der Waals surface area contributed by atoms with E-state index in [9.17, 15) is 18.0 Å². The smallest absolute Gasteiger partial charge is 0.277 e. The first-order chi connectivity index (χ1) is 16.3. The number of likely N-dealkylation sites (tertiary alicyclic amines) is 1. The fourth-order valence-corrected chi connectivity index (χ4v) is 5.80. The molecule has 0 spiro atoms. The highest BCUT2D eigenvalue weighted by atomic mass is 35.5. The Kier molecular flexibility index (Phi) is 7.63. The average Bonchev–Trinajstić information content (AvgIpc) is 3.23. The fourth-order valence-electron chi connectivity index (χ4n) is 4.53. The minimum atomic E-state index is -2.81. The molecule has 1 amide bonds. The number of carbonyl (C=O) groups is 1. The minimum Gasteiger partial charge on any atom is -0.458 e. The Morgan fingerprint density at radius 3 is 2.91 bits per heavy atom. The molecule has 182 valence electrons. The Labute approximate surface area is 203 Å². The number of amides is 1. The van der Waals surface area contributed by atoms with Crippen LogP contribution in [0.25, 0.3) is 0 Å². The van der Waals surface area contributed by atoms with Gasteiger partial charge in [0.2, 0.25) is 11.2 Å². The van der Waals surface area contributed by atoms with Crippen LogP contribution < -0.4 is 10.5 Å². The van der Waals surface area contributed by atoms with Crippen molar-refractivity contribution in [2.45, 2.75) is 55.7 Å². The zero-order chi connectivity index (χ0) is 24.3. The van der Waals surface area contributed by atoms with Crippen LogP contribution in [0.3, 0.4) is 0 Å². The molecule has 1 fully saturated rings. The van der Waals surface area contributed by atoms with E-state index in [0.717, 1.165) is 12.5 Å². The topological polar surface area (TPSA) is 93.7 Å². The van der Waals surface area contributed by atoms with E-state index in [1.54, 1.807) is 11.0 Å². The van der Waals surface area contributed by atoms with Crippen molar-refractivity contribution in [2.75, 3.05) is 6.54 Å². The number of thioether (sulfide) groups is 1. The fraction of sp³-hybridized carbons (Fsp3) is 0.455. The van der Waals surface area contributed by atoms with E-state index < -0.39 is 35.3 Å². The van der Waals surface area contributed by atoms with E-state index in [1.807, 2.05) is 0 Å². The number of alkyl halides is 2. The highest BCUT2D eigenvalue weighted by Gasteiger charge is 2.56. The minimum absolute atomic E-state index is 0.00361. The molecule has 1 aromatic heterocycles. The number of primary amides is 1. The van der Waals surface area contributed by atoms with Gasteiger partial charge in [-0.1, -0.05) is 12.1 Å².